The number of likely N-dealkylation sites (tertiary alicyclic amines) is 1. The van der Waals surface area contributed by atoms with Gasteiger partial charge in [0.15, 0.2) is 0 Å². The standard InChI is InChI=1S/C10H11BrN2O2/c1-15-8-5-13(6-8)10(14)9-3-2-7(11)4-12-9/h2-4,8H,5-6H2,1H3. The van der Waals surface area contributed by atoms with Crippen LogP contribution >= 0.6 is 15.9 Å². The molecule has 80 valence electrons. The summed E-state index contributed by atoms with van der Waals surface area (Å²) in [6.07, 6.45) is 1.81. The first-order valence-corrected chi connectivity index (χ1v) is 5.43. The van der Waals surface area contributed by atoms with E-state index in [2.05, 4.69) is 20.9 Å². The normalized spacial score (nSPS) is 16.3. The van der Waals surface area contributed by atoms with Crippen LogP contribution in [0.3, 0.4) is 0 Å². The Kier molecular flexibility index (Phi) is 3.02. The maximum Gasteiger partial charge on any atom is 0.272 e. The van der Waals surface area contributed by atoms with Gasteiger partial charge in [0, 0.05) is 30.9 Å². The molecule has 0 atom stereocenters. The molecule has 1 aromatic heterocycles. The number of carbonyl (C=O) groups is 1. The molecule has 0 aromatic carbocycles. The molecule has 1 aliphatic heterocycles. The van der Waals surface area contributed by atoms with Crippen LogP contribution < -0.4 is 0 Å². The van der Waals surface area contributed by atoms with Gasteiger partial charge < -0.3 is 9.64 Å². The minimum atomic E-state index is -0.0317. The molecule has 1 aromatic rings. The van der Waals surface area contributed by atoms with Crippen molar-refractivity contribution in [3.8, 4) is 0 Å². The van der Waals surface area contributed by atoms with E-state index in [1.807, 2.05) is 6.07 Å². The average molecular weight is 271 g/mol. The maximum atomic E-state index is 11.8. The topological polar surface area (TPSA) is 42.4 Å². The van der Waals surface area contributed by atoms with E-state index in [9.17, 15) is 4.79 Å². The zero-order valence-electron chi connectivity index (χ0n) is 8.31. The molecule has 15 heavy (non-hydrogen) atoms. The largest absolute Gasteiger partial charge is 0.378 e. The van der Waals surface area contributed by atoms with Crippen molar-refractivity contribution in [1.29, 1.82) is 0 Å². The second kappa shape index (κ2) is 4.28. The lowest BCUT2D eigenvalue weighted by Gasteiger charge is -2.37. The Labute approximate surface area is 96.4 Å². The lowest BCUT2D eigenvalue weighted by Crippen LogP contribution is -2.54. The van der Waals surface area contributed by atoms with Crippen LogP contribution in [0.1, 0.15) is 10.5 Å². The predicted molar refractivity (Wildman–Crippen MR) is 58.6 cm³/mol. The van der Waals surface area contributed by atoms with Crippen molar-refractivity contribution in [2.24, 2.45) is 0 Å². The molecule has 0 aliphatic carbocycles. The van der Waals surface area contributed by atoms with Crippen molar-refractivity contribution >= 4 is 21.8 Å². The average Bonchev–Trinajstić information content (AvgIpc) is 2.17. The van der Waals surface area contributed by atoms with Gasteiger partial charge in [-0.1, -0.05) is 0 Å². The van der Waals surface area contributed by atoms with E-state index in [0.29, 0.717) is 18.8 Å². The molecule has 1 aliphatic rings. The Hall–Kier alpha value is -0.940. The lowest BCUT2D eigenvalue weighted by atomic mass is 10.1. The summed E-state index contributed by atoms with van der Waals surface area (Å²) in [7, 11) is 1.66. The van der Waals surface area contributed by atoms with E-state index >= 15 is 0 Å². The van der Waals surface area contributed by atoms with Crippen LogP contribution in [0, 0.1) is 0 Å². The predicted octanol–water partition coefficient (Wildman–Crippen LogP) is 1.31. The Morgan fingerprint density at radius 3 is 2.87 bits per heavy atom. The summed E-state index contributed by atoms with van der Waals surface area (Å²) in [6, 6.07) is 3.53. The van der Waals surface area contributed by atoms with E-state index in [1.165, 1.54) is 0 Å². The zero-order chi connectivity index (χ0) is 10.8. The lowest BCUT2D eigenvalue weighted by molar-refractivity contribution is -0.0194. The fourth-order valence-electron chi connectivity index (χ4n) is 1.42. The van der Waals surface area contributed by atoms with Crippen LogP contribution in [0.25, 0.3) is 0 Å². The SMILES string of the molecule is COC1CN(C(=O)c2ccc(Br)cn2)C1. The number of rotatable bonds is 2. The van der Waals surface area contributed by atoms with Crippen LogP contribution in [0.2, 0.25) is 0 Å². The van der Waals surface area contributed by atoms with Crippen LogP contribution in [-0.4, -0.2) is 42.1 Å². The van der Waals surface area contributed by atoms with Crippen LogP contribution in [0.15, 0.2) is 22.8 Å². The summed E-state index contributed by atoms with van der Waals surface area (Å²) in [6.45, 7) is 1.32. The van der Waals surface area contributed by atoms with Gasteiger partial charge in [0.25, 0.3) is 5.91 Å². The van der Waals surface area contributed by atoms with E-state index < -0.39 is 0 Å². The summed E-state index contributed by atoms with van der Waals surface area (Å²) in [5.41, 5.74) is 0.479. The molecular weight excluding hydrogens is 260 g/mol. The number of aromatic nitrogens is 1. The molecule has 1 fully saturated rings. The molecule has 0 unspecified atom stereocenters. The molecule has 0 radical (unpaired) electrons. The number of methoxy groups -OCH3 is 1. The van der Waals surface area contributed by atoms with Crippen LogP contribution in [0.5, 0.6) is 0 Å². The van der Waals surface area contributed by atoms with Gasteiger partial charge in [0.1, 0.15) is 5.69 Å². The highest BCUT2D eigenvalue weighted by Crippen LogP contribution is 2.15. The van der Waals surface area contributed by atoms with Gasteiger partial charge in [-0.15, -0.1) is 0 Å². The second-order valence-electron chi connectivity index (χ2n) is 3.43. The number of hydrogen-bond acceptors (Lipinski definition) is 3. The number of halogens is 1. The molecule has 5 heteroatoms. The van der Waals surface area contributed by atoms with Gasteiger partial charge in [0.05, 0.1) is 6.10 Å². The summed E-state index contributed by atoms with van der Waals surface area (Å²) in [5, 5.41) is 0. The third-order valence-electron chi connectivity index (χ3n) is 2.42. The van der Waals surface area contributed by atoms with Crippen LogP contribution in [-0.2, 0) is 4.74 Å². The number of pyridine rings is 1. The first kappa shape index (κ1) is 10.6. The van der Waals surface area contributed by atoms with Gasteiger partial charge >= 0.3 is 0 Å². The molecule has 2 rings (SSSR count). The monoisotopic (exact) mass is 270 g/mol. The number of amides is 1. The van der Waals surface area contributed by atoms with Crippen molar-refractivity contribution in [3.63, 3.8) is 0 Å². The fourth-order valence-corrected chi connectivity index (χ4v) is 1.65. The molecule has 0 spiro atoms. The van der Waals surface area contributed by atoms with Crippen molar-refractivity contribution in [1.82, 2.24) is 9.88 Å². The molecular formula is C10H11BrN2O2. The van der Waals surface area contributed by atoms with Crippen molar-refractivity contribution in [3.05, 3.63) is 28.5 Å². The number of hydrogen-bond donors (Lipinski definition) is 0. The van der Waals surface area contributed by atoms with E-state index in [1.54, 1.807) is 24.3 Å². The quantitative estimate of drug-likeness (QED) is 0.814. The Morgan fingerprint density at radius 1 is 1.60 bits per heavy atom. The number of carbonyl (C=O) groups excluding carboxylic acids is 1. The summed E-state index contributed by atoms with van der Waals surface area (Å²) < 4.78 is 5.97. The summed E-state index contributed by atoms with van der Waals surface area (Å²) >= 11 is 3.28. The molecule has 4 nitrogen and oxygen atoms in total. The first-order chi connectivity index (χ1) is 7.20. The smallest absolute Gasteiger partial charge is 0.272 e. The van der Waals surface area contributed by atoms with E-state index in [-0.39, 0.29) is 12.0 Å². The highest BCUT2D eigenvalue weighted by molar-refractivity contribution is 9.10. The third kappa shape index (κ3) is 2.18. The Bertz CT molecular complexity index is 360. The van der Waals surface area contributed by atoms with Crippen molar-refractivity contribution in [2.75, 3.05) is 20.2 Å². The minimum Gasteiger partial charge on any atom is -0.378 e. The third-order valence-corrected chi connectivity index (χ3v) is 2.88. The summed E-state index contributed by atoms with van der Waals surface area (Å²) in [4.78, 5) is 17.6. The Balaban J connectivity index is 2.00. The van der Waals surface area contributed by atoms with Crippen molar-refractivity contribution < 1.29 is 9.53 Å². The van der Waals surface area contributed by atoms with Gasteiger partial charge in [0.2, 0.25) is 0 Å². The van der Waals surface area contributed by atoms with E-state index in [0.717, 1.165) is 4.47 Å². The fraction of sp³-hybridized carbons (Fsp3) is 0.400. The highest BCUT2D eigenvalue weighted by atomic mass is 79.9. The van der Waals surface area contributed by atoms with Gasteiger partial charge in [-0.2, -0.15) is 0 Å². The maximum absolute atomic E-state index is 11.8. The molecule has 0 saturated carbocycles. The molecule has 0 bridgehead atoms. The van der Waals surface area contributed by atoms with Gasteiger partial charge in [-0.25, -0.2) is 4.98 Å². The number of ether oxygens (including phenoxy) is 1. The molecule has 1 saturated heterocycles. The van der Waals surface area contributed by atoms with Crippen LogP contribution in [0.4, 0.5) is 0 Å². The highest BCUT2D eigenvalue weighted by Gasteiger charge is 2.31. The molecule has 0 N–H and O–H groups in total. The van der Waals surface area contributed by atoms with Gasteiger partial charge in [-0.05, 0) is 28.1 Å². The van der Waals surface area contributed by atoms with Crippen molar-refractivity contribution in [2.45, 2.75) is 6.10 Å². The second-order valence-corrected chi connectivity index (χ2v) is 4.35. The first-order valence-electron chi connectivity index (χ1n) is 4.64. The number of nitrogens with zero attached hydrogens (tertiary/aromatic N) is 2. The summed E-state index contributed by atoms with van der Waals surface area (Å²) in [5.74, 6) is -0.0317. The van der Waals surface area contributed by atoms with E-state index in [4.69, 9.17) is 4.74 Å². The Morgan fingerprint density at radius 2 is 2.33 bits per heavy atom. The minimum absolute atomic E-state index is 0.0317. The molecule has 1 amide bonds. The zero-order valence-corrected chi connectivity index (χ0v) is 9.90. The van der Waals surface area contributed by atoms with Gasteiger partial charge in [-0.3, -0.25) is 4.79 Å². The molecule has 2 heterocycles.